The van der Waals surface area contributed by atoms with Gasteiger partial charge < -0.3 is 15.6 Å². The molecule has 6 nitrogen and oxygen atoms in total. The van der Waals surface area contributed by atoms with Crippen LogP contribution in [-0.4, -0.2) is 24.0 Å². The first kappa shape index (κ1) is 13.0. The van der Waals surface area contributed by atoms with Crippen LogP contribution in [0, 0.1) is 5.82 Å². The molecule has 0 aliphatic carbocycles. The fourth-order valence-corrected chi connectivity index (χ4v) is 1.04. The van der Waals surface area contributed by atoms with Crippen molar-refractivity contribution in [2.24, 2.45) is 10.8 Å². The highest BCUT2D eigenvalue weighted by atomic mass is 35.5. The number of phenolic OH excluding ortho intramolecular Hbond substituents is 1. The molecule has 0 radical (unpaired) electrons. The van der Waals surface area contributed by atoms with Crippen molar-refractivity contribution >= 4 is 29.1 Å². The van der Waals surface area contributed by atoms with Gasteiger partial charge in [0.05, 0.1) is 17.8 Å². The number of phenols is 1. The number of carbonyl (C=O) groups excluding carboxylic acids is 1. The number of nitrogens with two attached hydrogens (primary N) is 1. The van der Waals surface area contributed by atoms with E-state index in [0.29, 0.717) is 0 Å². The molecule has 0 heterocycles. The summed E-state index contributed by atoms with van der Waals surface area (Å²) in [4.78, 5) is 10.9. The van der Waals surface area contributed by atoms with Crippen LogP contribution in [-0.2, 0) is 9.53 Å². The van der Waals surface area contributed by atoms with Crippen LogP contribution in [0.2, 0.25) is 5.02 Å². The van der Waals surface area contributed by atoms with Crippen molar-refractivity contribution in [1.82, 2.24) is 0 Å². The van der Waals surface area contributed by atoms with Gasteiger partial charge in [0, 0.05) is 6.07 Å². The molecule has 0 unspecified atom stereocenters. The van der Waals surface area contributed by atoms with Gasteiger partial charge in [0.25, 0.3) is 0 Å². The summed E-state index contributed by atoms with van der Waals surface area (Å²) in [6.45, 7) is 0. The number of halogens is 2. The first-order valence-electron chi connectivity index (χ1n) is 4.31. The third-order valence-corrected chi connectivity index (χ3v) is 2.03. The molecule has 1 aromatic rings. The maximum absolute atomic E-state index is 13.3. The highest BCUT2D eigenvalue weighted by Gasteiger charge is 2.09. The van der Waals surface area contributed by atoms with Crippen molar-refractivity contribution in [1.29, 1.82) is 0 Å². The second-order valence-corrected chi connectivity index (χ2v) is 3.29. The lowest BCUT2D eigenvalue weighted by Crippen LogP contribution is -2.26. The standard InChI is InChI=1S/C9H9ClFN3O3/c1-17-9(16)8(12)14-13-6-3-7(15)4(10)2-5(6)11/h2-3,13,15H,1H3,(H2,12,14). The van der Waals surface area contributed by atoms with Crippen LogP contribution >= 0.6 is 11.6 Å². The Labute approximate surface area is 101 Å². The van der Waals surface area contributed by atoms with Crippen molar-refractivity contribution in [3.63, 3.8) is 0 Å². The molecular weight excluding hydrogens is 253 g/mol. The quantitative estimate of drug-likeness (QED) is 0.320. The Morgan fingerprint density at radius 1 is 1.65 bits per heavy atom. The predicted octanol–water partition coefficient (Wildman–Crippen LogP) is 1.04. The molecular formula is C9H9ClFN3O3. The predicted molar refractivity (Wildman–Crippen MR) is 60.3 cm³/mol. The Bertz CT molecular complexity index is 479. The van der Waals surface area contributed by atoms with E-state index in [0.717, 1.165) is 19.2 Å². The number of nitrogens with zero attached hydrogens (tertiary/aromatic N) is 1. The normalized spacial score (nSPS) is 11.1. The third kappa shape index (κ3) is 3.22. The molecule has 1 aromatic carbocycles. The number of benzene rings is 1. The zero-order chi connectivity index (χ0) is 13.0. The number of nitrogens with one attached hydrogen (secondary N) is 1. The van der Waals surface area contributed by atoms with Crippen LogP contribution in [0.1, 0.15) is 0 Å². The number of ether oxygens (including phenoxy) is 1. The van der Waals surface area contributed by atoms with E-state index < -0.39 is 17.6 Å². The van der Waals surface area contributed by atoms with Crippen LogP contribution in [0.3, 0.4) is 0 Å². The number of carbonyl (C=O) groups is 1. The largest absolute Gasteiger partial charge is 0.506 e. The molecule has 0 aliphatic rings. The summed E-state index contributed by atoms with van der Waals surface area (Å²) < 4.78 is 17.6. The lowest BCUT2D eigenvalue weighted by Gasteiger charge is -2.05. The molecule has 0 atom stereocenters. The number of aromatic hydroxyl groups is 1. The summed E-state index contributed by atoms with van der Waals surface area (Å²) in [7, 11) is 1.12. The number of rotatable bonds is 2. The van der Waals surface area contributed by atoms with E-state index in [1.807, 2.05) is 0 Å². The van der Waals surface area contributed by atoms with Crippen LogP contribution in [0.4, 0.5) is 10.1 Å². The van der Waals surface area contributed by atoms with Gasteiger partial charge in [-0.2, -0.15) is 0 Å². The molecule has 8 heteroatoms. The van der Waals surface area contributed by atoms with E-state index in [-0.39, 0.29) is 16.5 Å². The van der Waals surface area contributed by atoms with E-state index in [2.05, 4.69) is 15.3 Å². The summed E-state index contributed by atoms with van der Waals surface area (Å²) in [5, 5.41) is 12.5. The highest BCUT2D eigenvalue weighted by Crippen LogP contribution is 2.29. The molecule has 0 spiro atoms. The first-order chi connectivity index (χ1) is 7.95. The minimum atomic E-state index is -0.865. The van der Waals surface area contributed by atoms with Crippen molar-refractivity contribution in [3.8, 4) is 5.75 Å². The number of anilines is 1. The number of amidine groups is 1. The minimum absolute atomic E-state index is 0.141. The Morgan fingerprint density at radius 2 is 2.29 bits per heavy atom. The molecule has 0 saturated carbocycles. The van der Waals surface area contributed by atoms with Crippen molar-refractivity contribution < 1.29 is 19.0 Å². The highest BCUT2D eigenvalue weighted by molar-refractivity contribution is 6.34. The zero-order valence-electron chi connectivity index (χ0n) is 8.70. The Balaban J connectivity index is 2.90. The van der Waals surface area contributed by atoms with Gasteiger partial charge in [0.15, 0.2) is 0 Å². The van der Waals surface area contributed by atoms with Gasteiger partial charge >= 0.3 is 5.97 Å². The molecule has 0 aliphatic heterocycles. The number of methoxy groups -OCH3 is 1. The summed E-state index contributed by atoms with van der Waals surface area (Å²) in [6, 6.07) is 1.90. The smallest absolute Gasteiger partial charge is 0.375 e. The van der Waals surface area contributed by atoms with Crippen molar-refractivity contribution in [3.05, 3.63) is 23.0 Å². The SMILES string of the molecule is COC(=O)/C(N)=N/Nc1cc(O)c(Cl)cc1F. The molecule has 0 aromatic heterocycles. The molecule has 17 heavy (non-hydrogen) atoms. The van der Waals surface area contributed by atoms with E-state index in [9.17, 15) is 14.3 Å². The van der Waals surface area contributed by atoms with E-state index in [4.69, 9.17) is 17.3 Å². The maximum Gasteiger partial charge on any atom is 0.375 e. The molecule has 1 rings (SSSR count). The second kappa shape index (κ2) is 5.35. The summed E-state index contributed by atoms with van der Waals surface area (Å²) in [6.07, 6.45) is 0. The fraction of sp³-hybridized carbons (Fsp3) is 0.111. The average Bonchev–Trinajstić information content (AvgIpc) is 2.30. The van der Waals surface area contributed by atoms with Gasteiger partial charge in [-0.05, 0) is 6.07 Å². The molecule has 0 fully saturated rings. The molecule has 4 N–H and O–H groups in total. The van der Waals surface area contributed by atoms with E-state index >= 15 is 0 Å². The van der Waals surface area contributed by atoms with Gasteiger partial charge in [-0.25, -0.2) is 9.18 Å². The molecule has 0 amide bonds. The molecule has 0 bridgehead atoms. The van der Waals surface area contributed by atoms with E-state index in [1.54, 1.807) is 0 Å². The summed E-state index contributed by atoms with van der Waals surface area (Å²) >= 11 is 5.47. The lowest BCUT2D eigenvalue weighted by atomic mass is 10.3. The second-order valence-electron chi connectivity index (χ2n) is 2.88. The Hall–Kier alpha value is -2.02. The Kier molecular flexibility index (Phi) is 4.11. The average molecular weight is 262 g/mol. The van der Waals surface area contributed by atoms with Gasteiger partial charge in [0.1, 0.15) is 11.6 Å². The number of hydrazone groups is 1. The Morgan fingerprint density at radius 3 is 2.88 bits per heavy atom. The lowest BCUT2D eigenvalue weighted by molar-refractivity contribution is -0.132. The molecule has 0 saturated heterocycles. The van der Waals surface area contributed by atoms with Crippen LogP contribution in [0.15, 0.2) is 17.2 Å². The topological polar surface area (TPSA) is 96.9 Å². The third-order valence-electron chi connectivity index (χ3n) is 1.73. The van der Waals surface area contributed by atoms with E-state index in [1.165, 1.54) is 0 Å². The fourth-order valence-electron chi connectivity index (χ4n) is 0.894. The molecule has 92 valence electrons. The van der Waals surface area contributed by atoms with Gasteiger partial charge in [-0.3, -0.25) is 5.43 Å². The van der Waals surface area contributed by atoms with Crippen molar-refractivity contribution in [2.45, 2.75) is 0 Å². The van der Waals surface area contributed by atoms with Crippen LogP contribution < -0.4 is 11.2 Å². The van der Waals surface area contributed by atoms with Gasteiger partial charge in [-0.15, -0.1) is 5.10 Å². The minimum Gasteiger partial charge on any atom is -0.506 e. The number of hydrogen-bond donors (Lipinski definition) is 3. The van der Waals surface area contributed by atoms with Crippen LogP contribution in [0.5, 0.6) is 5.75 Å². The summed E-state index contributed by atoms with van der Waals surface area (Å²) in [5.41, 5.74) is 7.18. The maximum atomic E-state index is 13.3. The number of esters is 1. The van der Waals surface area contributed by atoms with Gasteiger partial charge in [0.2, 0.25) is 5.84 Å². The first-order valence-corrected chi connectivity index (χ1v) is 4.69. The monoisotopic (exact) mass is 261 g/mol. The number of hydrogen-bond acceptors (Lipinski definition) is 5. The van der Waals surface area contributed by atoms with Crippen molar-refractivity contribution in [2.75, 3.05) is 12.5 Å². The van der Waals surface area contributed by atoms with Gasteiger partial charge in [-0.1, -0.05) is 11.6 Å². The zero-order valence-corrected chi connectivity index (χ0v) is 9.45. The van der Waals surface area contributed by atoms with Crippen LogP contribution in [0.25, 0.3) is 0 Å². The summed E-state index contributed by atoms with van der Waals surface area (Å²) in [5.74, 6) is -2.44.